The molecular weight excluding hydrogens is 697 g/mol. The van der Waals surface area contributed by atoms with Crippen molar-refractivity contribution in [3.8, 4) is 11.1 Å². The number of carbonyl (C=O) groups is 3. The Balaban J connectivity index is 0.00000107. The second-order valence-electron chi connectivity index (χ2n) is 10.2. The molecule has 0 fully saturated rings. The summed E-state index contributed by atoms with van der Waals surface area (Å²) in [7, 11) is -7.60. The molecule has 0 spiro atoms. The molecule has 19 heteroatoms. The summed E-state index contributed by atoms with van der Waals surface area (Å²) < 4.78 is 87.5. The Morgan fingerprint density at radius 2 is 1.57 bits per heavy atom. The van der Waals surface area contributed by atoms with Crippen LogP contribution in [0.2, 0.25) is 0 Å². The number of amidine groups is 1. The third-order valence-corrected chi connectivity index (χ3v) is 8.81. The summed E-state index contributed by atoms with van der Waals surface area (Å²) in [6, 6.07) is 17.8. The van der Waals surface area contributed by atoms with Gasteiger partial charge in [0.15, 0.2) is 15.7 Å². The Kier molecular flexibility index (Phi) is 13.8. The zero-order valence-corrected chi connectivity index (χ0v) is 27.8. The smallest absolute Gasteiger partial charge is 0.475 e. The molecule has 5 N–H and O–H groups in total. The molecule has 0 aliphatic heterocycles. The summed E-state index contributed by atoms with van der Waals surface area (Å²) in [4.78, 5) is 35.0. The number of benzene rings is 3. The molecule has 0 aliphatic rings. The number of nitrogens with two attached hydrogens (primary N) is 1. The number of amides is 1. The van der Waals surface area contributed by atoms with E-state index in [1.165, 1.54) is 12.1 Å². The van der Waals surface area contributed by atoms with E-state index in [0.29, 0.717) is 27.9 Å². The summed E-state index contributed by atoms with van der Waals surface area (Å²) in [5.74, 6) is -4.50. The van der Waals surface area contributed by atoms with Crippen LogP contribution in [0.25, 0.3) is 11.1 Å². The highest BCUT2D eigenvalue weighted by Crippen LogP contribution is 2.28. The first kappa shape index (κ1) is 40.2. The van der Waals surface area contributed by atoms with Gasteiger partial charge in [-0.1, -0.05) is 53.7 Å². The summed E-state index contributed by atoms with van der Waals surface area (Å²) in [5, 5.41) is 21.8. The number of rotatable bonds is 12. The Hall–Kier alpha value is -5.01. The number of nitrogens with zero attached hydrogens (tertiary/aromatic N) is 2. The van der Waals surface area contributed by atoms with E-state index in [1.54, 1.807) is 67.6 Å². The van der Waals surface area contributed by atoms with Crippen molar-refractivity contribution in [3.63, 3.8) is 0 Å². The maximum atomic E-state index is 13.6. The summed E-state index contributed by atoms with van der Waals surface area (Å²) in [6.45, 7) is 0.888. The Morgan fingerprint density at radius 3 is 2.08 bits per heavy atom. The van der Waals surface area contributed by atoms with Crippen LogP contribution < -0.4 is 11.1 Å². The number of hydrogen-bond donors (Lipinski definition) is 4. The molecule has 0 aromatic heterocycles. The van der Waals surface area contributed by atoms with Gasteiger partial charge in [0, 0.05) is 23.1 Å². The number of sulfone groups is 1. The van der Waals surface area contributed by atoms with Crippen LogP contribution in [-0.4, -0.2) is 93.0 Å². The monoisotopic (exact) mass is 730 g/mol. The summed E-state index contributed by atoms with van der Waals surface area (Å²) >= 11 is 0. The van der Waals surface area contributed by atoms with Crippen molar-refractivity contribution in [1.29, 1.82) is 0 Å². The first-order chi connectivity index (χ1) is 22.7. The molecule has 3 aromatic carbocycles. The average molecular weight is 731 g/mol. The van der Waals surface area contributed by atoms with Gasteiger partial charge in [-0.15, -0.1) is 0 Å². The van der Waals surface area contributed by atoms with Gasteiger partial charge in [-0.05, 0) is 48.7 Å². The summed E-state index contributed by atoms with van der Waals surface area (Å²) in [5.41, 5.74) is 7.89. The SMILES string of the molecule is CCOC(=O)CN(C(Cc1cccc(/C(N)=N/O)c1)C(=O)Nc1ccc(-c2ccccc2S(C)(=O)=O)cc1)S(C)(=O)=O.O=C(O)C(F)(F)F. The first-order valence-corrected chi connectivity index (χ1v) is 17.6. The quantitative estimate of drug-likeness (QED) is 0.0697. The van der Waals surface area contributed by atoms with E-state index < -0.39 is 56.5 Å². The van der Waals surface area contributed by atoms with E-state index >= 15 is 0 Å². The molecule has 3 rings (SSSR count). The van der Waals surface area contributed by atoms with Gasteiger partial charge in [0.1, 0.15) is 12.6 Å². The average Bonchev–Trinajstić information content (AvgIpc) is 3.02. The van der Waals surface area contributed by atoms with E-state index in [0.717, 1.165) is 16.8 Å². The fourth-order valence-corrected chi connectivity index (χ4v) is 6.13. The number of alkyl halides is 3. The minimum absolute atomic E-state index is 0.0178. The van der Waals surface area contributed by atoms with Gasteiger partial charge in [0.05, 0.1) is 17.8 Å². The molecule has 49 heavy (non-hydrogen) atoms. The summed E-state index contributed by atoms with van der Waals surface area (Å²) in [6.07, 6.45) is -3.25. The molecule has 1 atom stereocenters. The van der Waals surface area contributed by atoms with Crippen molar-refractivity contribution in [1.82, 2.24) is 4.31 Å². The predicted octanol–water partition coefficient (Wildman–Crippen LogP) is 2.86. The first-order valence-electron chi connectivity index (χ1n) is 13.9. The van der Waals surface area contributed by atoms with Crippen molar-refractivity contribution in [3.05, 3.63) is 83.9 Å². The molecule has 1 unspecified atom stereocenters. The number of anilines is 1. The number of hydrogen-bond acceptors (Lipinski definition) is 10. The van der Waals surface area contributed by atoms with Gasteiger partial charge in [0.2, 0.25) is 15.9 Å². The van der Waals surface area contributed by atoms with Crippen LogP contribution in [0.1, 0.15) is 18.1 Å². The van der Waals surface area contributed by atoms with Crippen LogP contribution in [0.5, 0.6) is 0 Å². The number of carboxylic acid groups (broad SMARTS) is 1. The Bertz CT molecular complexity index is 1900. The van der Waals surface area contributed by atoms with Crippen molar-refractivity contribution in [2.45, 2.75) is 30.5 Å². The fraction of sp³-hybridized carbons (Fsp3) is 0.267. The van der Waals surface area contributed by atoms with E-state index in [4.69, 9.17) is 25.6 Å². The Labute approximate surface area is 279 Å². The minimum Gasteiger partial charge on any atom is -0.475 e. The van der Waals surface area contributed by atoms with E-state index in [2.05, 4.69) is 10.5 Å². The van der Waals surface area contributed by atoms with Crippen LogP contribution in [-0.2, 0) is 45.4 Å². The number of oxime groups is 1. The van der Waals surface area contributed by atoms with Crippen LogP contribution >= 0.6 is 0 Å². The molecule has 3 aromatic rings. The topological polar surface area (TPSA) is 223 Å². The lowest BCUT2D eigenvalue weighted by atomic mass is 10.0. The lowest BCUT2D eigenvalue weighted by Crippen LogP contribution is -2.50. The maximum absolute atomic E-state index is 13.6. The van der Waals surface area contributed by atoms with Crippen LogP contribution in [0, 0.1) is 0 Å². The fourth-order valence-electron chi connectivity index (χ4n) is 4.24. The van der Waals surface area contributed by atoms with Crippen molar-refractivity contribution in [2.75, 3.05) is 31.0 Å². The molecule has 266 valence electrons. The third-order valence-electron chi connectivity index (χ3n) is 6.42. The predicted molar refractivity (Wildman–Crippen MR) is 172 cm³/mol. The number of aliphatic carboxylic acids is 1. The molecule has 0 aliphatic carbocycles. The molecule has 0 saturated heterocycles. The van der Waals surface area contributed by atoms with Crippen molar-refractivity contribution in [2.24, 2.45) is 10.9 Å². The number of carbonyl (C=O) groups excluding carboxylic acids is 2. The molecule has 0 radical (unpaired) electrons. The lowest BCUT2D eigenvalue weighted by Gasteiger charge is -2.28. The van der Waals surface area contributed by atoms with Gasteiger partial charge < -0.3 is 26.1 Å². The largest absolute Gasteiger partial charge is 0.490 e. The lowest BCUT2D eigenvalue weighted by molar-refractivity contribution is -0.192. The standard InChI is InChI=1S/C28H32N4O8S2.C2HF3O2/c1-4-40-26(33)18-32(42(3,38)39)24(17-19-8-7-9-21(16-19)27(29)31-35)28(34)30-22-14-12-20(13-15-22)23-10-5-6-11-25(23)41(2,36)37;3-2(4,5)1(6)7/h5-16,24,35H,4,17-18H2,1-3H3,(H2,29,31)(H,30,34);(H,6,7). The van der Waals surface area contributed by atoms with Gasteiger partial charge in [-0.25, -0.2) is 21.6 Å². The molecule has 0 saturated carbocycles. The zero-order chi connectivity index (χ0) is 37.2. The van der Waals surface area contributed by atoms with Crippen molar-refractivity contribution < 1.29 is 59.4 Å². The highest BCUT2D eigenvalue weighted by molar-refractivity contribution is 7.90. The molecule has 0 heterocycles. The number of ether oxygens (including phenoxy) is 1. The molecular formula is C30H33F3N4O10S2. The highest BCUT2D eigenvalue weighted by atomic mass is 32.2. The second kappa shape index (κ2) is 16.9. The third kappa shape index (κ3) is 12.2. The highest BCUT2D eigenvalue weighted by Gasteiger charge is 2.38. The molecule has 1 amide bonds. The van der Waals surface area contributed by atoms with Gasteiger partial charge in [0.25, 0.3) is 0 Å². The second-order valence-corrected chi connectivity index (χ2v) is 14.1. The van der Waals surface area contributed by atoms with Gasteiger partial charge >= 0.3 is 18.1 Å². The van der Waals surface area contributed by atoms with Gasteiger partial charge in [-0.3, -0.25) is 9.59 Å². The van der Waals surface area contributed by atoms with E-state index in [-0.39, 0.29) is 23.8 Å². The number of halogens is 3. The van der Waals surface area contributed by atoms with E-state index in [1.807, 2.05) is 0 Å². The minimum atomic E-state index is -5.08. The van der Waals surface area contributed by atoms with Crippen LogP contribution in [0.15, 0.2) is 82.8 Å². The Morgan fingerprint density at radius 1 is 0.980 bits per heavy atom. The van der Waals surface area contributed by atoms with Crippen LogP contribution in [0.4, 0.5) is 18.9 Å². The van der Waals surface area contributed by atoms with Crippen molar-refractivity contribution >= 4 is 49.2 Å². The van der Waals surface area contributed by atoms with E-state index in [9.17, 15) is 39.6 Å². The molecule has 0 bridgehead atoms. The number of sulfonamides is 1. The van der Waals surface area contributed by atoms with Gasteiger partial charge in [-0.2, -0.15) is 17.5 Å². The maximum Gasteiger partial charge on any atom is 0.490 e. The normalized spacial score (nSPS) is 12.8. The number of esters is 1. The number of carboxylic acids is 1. The number of nitrogens with one attached hydrogen (secondary N) is 1. The molecule has 14 nitrogen and oxygen atoms in total. The zero-order valence-electron chi connectivity index (χ0n) is 26.2. The van der Waals surface area contributed by atoms with Crippen LogP contribution in [0.3, 0.4) is 0 Å².